The first-order valence-electron chi connectivity index (χ1n) is 5.18. The summed E-state index contributed by atoms with van der Waals surface area (Å²) in [6.07, 6.45) is 2.66. The van der Waals surface area contributed by atoms with E-state index in [0.717, 1.165) is 19.4 Å². The molecule has 1 atom stereocenters. The van der Waals surface area contributed by atoms with Gasteiger partial charge in [0, 0.05) is 38.4 Å². The van der Waals surface area contributed by atoms with E-state index < -0.39 is 0 Å². The molecule has 4 heteroatoms. The van der Waals surface area contributed by atoms with E-state index in [1.165, 1.54) is 0 Å². The zero-order valence-corrected chi connectivity index (χ0v) is 8.45. The Labute approximate surface area is 83.6 Å². The summed E-state index contributed by atoms with van der Waals surface area (Å²) in [5, 5.41) is 2.91. The number of rotatable bonds is 3. The number of nitrogens with one attached hydrogen (secondary N) is 1. The van der Waals surface area contributed by atoms with E-state index in [-0.39, 0.29) is 17.7 Å². The van der Waals surface area contributed by atoms with Gasteiger partial charge in [-0.05, 0) is 12.8 Å². The lowest BCUT2D eigenvalue weighted by atomic mass is 10.1. The topological polar surface area (TPSA) is 49.4 Å². The summed E-state index contributed by atoms with van der Waals surface area (Å²) in [6, 6.07) is 0. The number of hydrogen-bond donors (Lipinski definition) is 1. The molecule has 1 saturated heterocycles. The summed E-state index contributed by atoms with van der Waals surface area (Å²) < 4.78 is 0. The molecule has 1 unspecified atom stereocenters. The fourth-order valence-electron chi connectivity index (χ4n) is 1.83. The van der Waals surface area contributed by atoms with Crippen molar-refractivity contribution in [1.29, 1.82) is 0 Å². The Bertz CT molecular complexity index is 261. The summed E-state index contributed by atoms with van der Waals surface area (Å²) in [4.78, 5) is 24.2. The molecule has 2 fully saturated rings. The fourth-order valence-corrected chi connectivity index (χ4v) is 1.83. The fraction of sp³-hybridized carbons (Fsp3) is 0.800. The third kappa shape index (κ3) is 2.05. The van der Waals surface area contributed by atoms with E-state index in [2.05, 4.69) is 5.32 Å². The molecule has 1 saturated carbocycles. The standard InChI is InChI=1S/C10H16N2O2/c1-12-6-7(4-9(12)13)5-11-10(14)8-2-3-8/h7-8H,2-6H2,1H3,(H,11,14). The summed E-state index contributed by atoms with van der Waals surface area (Å²) in [7, 11) is 1.81. The van der Waals surface area contributed by atoms with Crippen molar-refractivity contribution in [2.75, 3.05) is 20.1 Å². The van der Waals surface area contributed by atoms with Crippen molar-refractivity contribution in [2.24, 2.45) is 11.8 Å². The van der Waals surface area contributed by atoms with Crippen LogP contribution in [-0.2, 0) is 9.59 Å². The van der Waals surface area contributed by atoms with Crippen LogP contribution in [-0.4, -0.2) is 36.9 Å². The van der Waals surface area contributed by atoms with Gasteiger partial charge in [0.2, 0.25) is 11.8 Å². The summed E-state index contributed by atoms with van der Waals surface area (Å²) >= 11 is 0. The minimum atomic E-state index is 0.173. The molecule has 2 aliphatic rings. The van der Waals surface area contributed by atoms with Gasteiger partial charge in [0.05, 0.1) is 0 Å². The SMILES string of the molecule is CN1CC(CNC(=O)C2CC2)CC1=O. The Morgan fingerprint density at radius 1 is 1.57 bits per heavy atom. The van der Waals surface area contributed by atoms with Gasteiger partial charge < -0.3 is 10.2 Å². The molecule has 1 N–H and O–H groups in total. The van der Waals surface area contributed by atoms with Crippen LogP contribution in [0.15, 0.2) is 0 Å². The molecule has 2 rings (SSSR count). The van der Waals surface area contributed by atoms with E-state index in [1.807, 2.05) is 7.05 Å². The van der Waals surface area contributed by atoms with Crippen molar-refractivity contribution in [3.63, 3.8) is 0 Å². The molecule has 4 nitrogen and oxygen atoms in total. The van der Waals surface area contributed by atoms with Crippen LogP contribution in [0.25, 0.3) is 0 Å². The maximum Gasteiger partial charge on any atom is 0.223 e. The van der Waals surface area contributed by atoms with Crippen LogP contribution < -0.4 is 5.32 Å². The zero-order valence-electron chi connectivity index (χ0n) is 8.45. The smallest absolute Gasteiger partial charge is 0.223 e. The molecular weight excluding hydrogens is 180 g/mol. The molecule has 0 aromatic heterocycles. The highest BCUT2D eigenvalue weighted by Gasteiger charge is 2.31. The largest absolute Gasteiger partial charge is 0.356 e. The van der Waals surface area contributed by atoms with Crippen LogP contribution in [0.5, 0.6) is 0 Å². The molecule has 78 valence electrons. The molecule has 1 aliphatic heterocycles. The predicted molar refractivity (Wildman–Crippen MR) is 51.5 cm³/mol. The van der Waals surface area contributed by atoms with E-state index in [1.54, 1.807) is 4.90 Å². The lowest BCUT2D eigenvalue weighted by molar-refractivity contribution is -0.126. The number of likely N-dealkylation sites (tertiary alicyclic amines) is 1. The van der Waals surface area contributed by atoms with Crippen LogP contribution >= 0.6 is 0 Å². The Hall–Kier alpha value is -1.06. The second-order valence-corrected chi connectivity index (χ2v) is 4.36. The number of carbonyl (C=O) groups is 2. The predicted octanol–water partition coefficient (Wildman–Crippen LogP) is -0.00910. The minimum Gasteiger partial charge on any atom is -0.356 e. The van der Waals surface area contributed by atoms with Gasteiger partial charge in [-0.2, -0.15) is 0 Å². The van der Waals surface area contributed by atoms with Crippen molar-refractivity contribution in [1.82, 2.24) is 10.2 Å². The second kappa shape index (κ2) is 3.59. The number of carbonyl (C=O) groups excluding carboxylic acids is 2. The van der Waals surface area contributed by atoms with Gasteiger partial charge in [-0.3, -0.25) is 9.59 Å². The van der Waals surface area contributed by atoms with Gasteiger partial charge >= 0.3 is 0 Å². The Morgan fingerprint density at radius 2 is 2.29 bits per heavy atom. The van der Waals surface area contributed by atoms with E-state index >= 15 is 0 Å². The van der Waals surface area contributed by atoms with Gasteiger partial charge in [0.1, 0.15) is 0 Å². The lowest BCUT2D eigenvalue weighted by Gasteiger charge is -2.10. The number of hydrogen-bond acceptors (Lipinski definition) is 2. The van der Waals surface area contributed by atoms with Gasteiger partial charge in [0.25, 0.3) is 0 Å². The molecule has 1 heterocycles. The molecule has 0 aromatic carbocycles. The molecule has 0 bridgehead atoms. The van der Waals surface area contributed by atoms with Crippen molar-refractivity contribution in [2.45, 2.75) is 19.3 Å². The molecule has 2 amide bonds. The summed E-state index contributed by atoms with van der Waals surface area (Å²) in [6.45, 7) is 1.44. The van der Waals surface area contributed by atoms with Crippen LogP contribution in [0.4, 0.5) is 0 Å². The van der Waals surface area contributed by atoms with Crippen molar-refractivity contribution in [3.05, 3.63) is 0 Å². The van der Waals surface area contributed by atoms with E-state index in [0.29, 0.717) is 18.9 Å². The van der Waals surface area contributed by atoms with Crippen molar-refractivity contribution >= 4 is 11.8 Å². The highest BCUT2D eigenvalue weighted by molar-refractivity contribution is 5.81. The highest BCUT2D eigenvalue weighted by atomic mass is 16.2. The normalized spacial score (nSPS) is 26.8. The van der Waals surface area contributed by atoms with Crippen LogP contribution in [0.2, 0.25) is 0 Å². The zero-order chi connectivity index (χ0) is 10.1. The maximum atomic E-state index is 11.3. The van der Waals surface area contributed by atoms with Crippen LogP contribution in [0, 0.1) is 11.8 Å². The second-order valence-electron chi connectivity index (χ2n) is 4.36. The first-order valence-corrected chi connectivity index (χ1v) is 5.18. The Kier molecular flexibility index (Phi) is 2.44. The molecule has 0 radical (unpaired) electrons. The van der Waals surface area contributed by atoms with E-state index in [9.17, 15) is 9.59 Å². The molecule has 0 aromatic rings. The minimum absolute atomic E-state index is 0.173. The highest BCUT2D eigenvalue weighted by Crippen LogP contribution is 2.28. The molecule has 0 spiro atoms. The monoisotopic (exact) mass is 196 g/mol. The van der Waals surface area contributed by atoms with E-state index in [4.69, 9.17) is 0 Å². The molecule has 1 aliphatic carbocycles. The Balaban J connectivity index is 1.71. The average Bonchev–Trinajstić information content (AvgIpc) is 2.92. The Morgan fingerprint density at radius 3 is 2.79 bits per heavy atom. The van der Waals surface area contributed by atoms with Crippen LogP contribution in [0.1, 0.15) is 19.3 Å². The number of amides is 2. The quantitative estimate of drug-likeness (QED) is 0.690. The average molecular weight is 196 g/mol. The van der Waals surface area contributed by atoms with Gasteiger partial charge in [-0.25, -0.2) is 0 Å². The molecular formula is C10H16N2O2. The van der Waals surface area contributed by atoms with Gasteiger partial charge in [-0.1, -0.05) is 0 Å². The molecule has 14 heavy (non-hydrogen) atoms. The lowest BCUT2D eigenvalue weighted by Crippen LogP contribution is -2.31. The third-order valence-electron chi connectivity index (χ3n) is 2.93. The summed E-state index contributed by atoms with van der Waals surface area (Å²) in [5.74, 6) is 0.947. The summed E-state index contributed by atoms with van der Waals surface area (Å²) in [5.41, 5.74) is 0. The van der Waals surface area contributed by atoms with Gasteiger partial charge in [0.15, 0.2) is 0 Å². The first kappa shape index (κ1) is 9.49. The van der Waals surface area contributed by atoms with Crippen LogP contribution in [0.3, 0.4) is 0 Å². The van der Waals surface area contributed by atoms with Crippen molar-refractivity contribution < 1.29 is 9.59 Å². The maximum absolute atomic E-state index is 11.3. The van der Waals surface area contributed by atoms with Crippen molar-refractivity contribution in [3.8, 4) is 0 Å². The van der Waals surface area contributed by atoms with Gasteiger partial charge in [-0.15, -0.1) is 0 Å². The number of nitrogens with zero attached hydrogens (tertiary/aromatic N) is 1. The third-order valence-corrected chi connectivity index (χ3v) is 2.93. The first-order chi connectivity index (χ1) is 6.66.